The Morgan fingerprint density at radius 3 is 2.57 bits per heavy atom. The lowest BCUT2D eigenvalue weighted by Crippen LogP contribution is -1.95. The van der Waals surface area contributed by atoms with Crippen LogP contribution in [0.5, 0.6) is 5.75 Å². The number of hydrogen-bond donors (Lipinski definition) is 2. The predicted molar refractivity (Wildman–Crippen MR) is 85.1 cm³/mol. The molecule has 0 saturated carbocycles. The molecule has 0 radical (unpaired) electrons. The molecule has 3 aromatic rings. The van der Waals surface area contributed by atoms with Gasteiger partial charge in [0.15, 0.2) is 0 Å². The van der Waals surface area contributed by atoms with Gasteiger partial charge >= 0.3 is 0 Å². The number of nitrogens with one attached hydrogen (secondary N) is 1. The molecule has 0 aliphatic heterocycles. The van der Waals surface area contributed by atoms with Gasteiger partial charge in [0, 0.05) is 18.5 Å². The van der Waals surface area contributed by atoms with Crippen LogP contribution in [0.2, 0.25) is 0 Å². The van der Waals surface area contributed by atoms with E-state index in [-0.39, 0.29) is 31.4 Å². The molecule has 0 amide bonds. The number of aliphatic hydroxyl groups is 1. The number of aromatic amines is 1. The van der Waals surface area contributed by atoms with Crippen molar-refractivity contribution in [3.05, 3.63) is 54.1 Å². The first kappa shape index (κ1) is 17.2. The van der Waals surface area contributed by atoms with Gasteiger partial charge in [-0.3, -0.25) is 4.98 Å². The standard InChI is InChI=1S/C14H13N3O2.2ClH/c18-8-14-16-12-2-1-11(7-13(12)17-14)19-9-10-3-5-15-6-4-10;;/h1-7,18H,8-9H2,(H,16,17);2*1H. The van der Waals surface area contributed by atoms with E-state index in [9.17, 15) is 0 Å². The molecule has 5 nitrogen and oxygen atoms in total. The highest BCUT2D eigenvalue weighted by Crippen LogP contribution is 2.20. The Labute approximate surface area is 134 Å². The number of imidazole rings is 1. The average molecular weight is 328 g/mol. The third kappa shape index (κ3) is 4.07. The van der Waals surface area contributed by atoms with Crippen molar-refractivity contribution >= 4 is 35.8 Å². The number of rotatable bonds is 4. The first-order valence-electron chi connectivity index (χ1n) is 5.96. The lowest BCUT2D eigenvalue weighted by Gasteiger charge is -2.05. The lowest BCUT2D eigenvalue weighted by atomic mass is 10.3. The third-order valence-electron chi connectivity index (χ3n) is 2.81. The molecule has 112 valence electrons. The van der Waals surface area contributed by atoms with Crippen LogP contribution < -0.4 is 4.74 Å². The van der Waals surface area contributed by atoms with E-state index in [2.05, 4.69) is 15.0 Å². The van der Waals surface area contributed by atoms with Crippen LogP contribution in [0.3, 0.4) is 0 Å². The number of ether oxygens (including phenoxy) is 1. The van der Waals surface area contributed by atoms with Gasteiger partial charge in [-0.05, 0) is 29.8 Å². The fourth-order valence-corrected chi connectivity index (χ4v) is 1.85. The number of halogens is 2. The van der Waals surface area contributed by atoms with E-state index in [0.29, 0.717) is 12.4 Å². The molecular weight excluding hydrogens is 313 g/mol. The van der Waals surface area contributed by atoms with Gasteiger partial charge in [0.2, 0.25) is 0 Å². The van der Waals surface area contributed by atoms with Crippen molar-refractivity contribution < 1.29 is 9.84 Å². The Morgan fingerprint density at radius 1 is 1.10 bits per heavy atom. The molecule has 0 fully saturated rings. The van der Waals surface area contributed by atoms with Crippen molar-refractivity contribution in [1.29, 1.82) is 0 Å². The largest absolute Gasteiger partial charge is 0.489 e. The smallest absolute Gasteiger partial charge is 0.133 e. The Kier molecular flexibility index (Phi) is 6.42. The zero-order valence-corrected chi connectivity index (χ0v) is 12.7. The van der Waals surface area contributed by atoms with Crippen LogP contribution in [0.1, 0.15) is 11.4 Å². The molecule has 0 aliphatic carbocycles. The zero-order valence-electron chi connectivity index (χ0n) is 11.0. The summed E-state index contributed by atoms with van der Waals surface area (Å²) >= 11 is 0. The number of pyridine rings is 1. The second kappa shape index (κ2) is 7.83. The Balaban J connectivity index is 0.00000110. The van der Waals surface area contributed by atoms with Gasteiger partial charge < -0.3 is 14.8 Å². The number of aromatic nitrogens is 3. The zero-order chi connectivity index (χ0) is 13.1. The maximum atomic E-state index is 9.03. The van der Waals surface area contributed by atoms with Crippen LogP contribution in [0, 0.1) is 0 Å². The summed E-state index contributed by atoms with van der Waals surface area (Å²) < 4.78 is 5.70. The summed E-state index contributed by atoms with van der Waals surface area (Å²) in [5.41, 5.74) is 2.74. The molecule has 0 bridgehead atoms. The van der Waals surface area contributed by atoms with Gasteiger partial charge in [-0.2, -0.15) is 0 Å². The van der Waals surface area contributed by atoms with Gasteiger partial charge in [0.1, 0.15) is 24.8 Å². The first-order chi connectivity index (χ1) is 9.35. The van der Waals surface area contributed by atoms with Gasteiger partial charge in [-0.25, -0.2) is 4.98 Å². The number of nitrogens with zero attached hydrogens (tertiary/aromatic N) is 2. The van der Waals surface area contributed by atoms with E-state index in [0.717, 1.165) is 22.3 Å². The Hall–Kier alpha value is -1.82. The van der Waals surface area contributed by atoms with Gasteiger partial charge in [-0.1, -0.05) is 0 Å². The van der Waals surface area contributed by atoms with Crippen molar-refractivity contribution in [1.82, 2.24) is 15.0 Å². The SMILES string of the molecule is Cl.Cl.OCc1nc2cc(OCc3ccncc3)ccc2[nH]1. The first-order valence-corrected chi connectivity index (χ1v) is 5.96. The Morgan fingerprint density at radius 2 is 1.86 bits per heavy atom. The van der Waals surface area contributed by atoms with Crippen LogP contribution in [0.4, 0.5) is 0 Å². The van der Waals surface area contributed by atoms with Crippen molar-refractivity contribution in [2.45, 2.75) is 13.2 Å². The minimum atomic E-state index is -0.0954. The van der Waals surface area contributed by atoms with Crippen LogP contribution in [0.15, 0.2) is 42.7 Å². The van der Waals surface area contributed by atoms with E-state index < -0.39 is 0 Å². The second-order valence-electron chi connectivity index (χ2n) is 4.16. The molecule has 3 rings (SSSR count). The summed E-state index contributed by atoms with van der Waals surface area (Å²) in [5, 5.41) is 9.03. The lowest BCUT2D eigenvalue weighted by molar-refractivity contribution is 0.273. The minimum absolute atomic E-state index is 0. The highest BCUT2D eigenvalue weighted by molar-refractivity contribution is 5.85. The topological polar surface area (TPSA) is 71.0 Å². The van der Waals surface area contributed by atoms with Gasteiger partial charge in [0.25, 0.3) is 0 Å². The molecule has 0 atom stereocenters. The van der Waals surface area contributed by atoms with E-state index in [1.54, 1.807) is 12.4 Å². The Bertz CT molecular complexity index is 689. The second-order valence-corrected chi connectivity index (χ2v) is 4.16. The quantitative estimate of drug-likeness (QED) is 0.772. The molecule has 21 heavy (non-hydrogen) atoms. The van der Waals surface area contributed by atoms with Gasteiger partial charge in [0.05, 0.1) is 11.0 Å². The predicted octanol–water partition coefficient (Wildman–Crippen LogP) is 2.87. The number of aliphatic hydroxyl groups excluding tert-OH is 1. The number of hydrogen-bond acceptors (Lipinski definition) is 4. The van der Waals surface area contributed by atoms with E-state index in [1.807, 2.05) is 30.3 Å². The van der Waals surface area contributed by atoms with Crippen molar-refractivity contribution in [3.8, 4) is 5.75 Å². The van der Waals surface area contributed by atoms with Crippen molar-refractivity contribution in [2.75, 3.05) is 0 Å². The molecule has 2 aromatic heterocycles. The molecule has 2 N–H and O–H groups in total. The number of fused-ring (bicyclic) bond motifs is 1. The summed E-state index contributed by atoms with van der Waals surface area (Å²) in [7, 11) is 0. The van der Waals surface area contributed by atoms with Crippen LogP contribution in [-0.2, 0) is 13.2 Å². The monoisotopic (exact) mass is 327 g/mol. The van der Waals surface area contributed by atoms with E-state index >= 15 is 0 Å². The van der Waals surface area contributed by atoms with E-state index in [4.69, 9.17) is 9.84 Å². The van der Waals surface area contributed by atoms with Crippen LogP contribution >= 0.6 is 24.8 Å². The maximum absolute atomic E-state index is 9.03. The fraction of sp³-hybridized carbons (Fsp3) is 0.143. The molecular formula is C14H15Cl2N3O2. The number of H-pyrrole nitrogens is 1. The summed E-state index contributed by atoms with van der Waals surface area (Å²) in [4.78, 5) is 11.2. The highest BCUT2D eigenvalue weighted by atomic mass is 35.5. The van der Waals surface area contributed by atoms with Crippen LogP contribution in [0.25, 0.3) is 11.0 Å². The van der Waals surface area contributed by atoms with E-state index in [1.165, 1.54) is 0 Å². The fourth-order valence-electron chi connectivity index (χ4n) is 1.85. The normalized spacial score (nSPS) is 9.76. The minimum Gasteiger partial charge on any atom is -0.489 e. The molecule has 0 aliphatic rings. The molecule has 7 heteroatoms. The maximum Gasteiger partial charge on any atom is 0.133 e. The van der Waals surface area contributed by atoms with Crippen LogP contribution in [-0.4, -0.2) is 20.1 Å². The summed E-state index contributed by atoms with van der Waals surface area (Å²) in [5.74, 6) is 1.31. The molecule has 1 aromatic carbocycles. The average Bonchev–Trinajstić information content (AvgIpc) is 2.88. The molecule has 2 heterocycles. The van der Waals surface area contributed by atoms with Crippen molar-refractivity contribution in [2.24, 2.45) is 0 Å². The third-order valence-corrected chi connectivity index (χ3v) is 2.81. The molecule has 0 saturated heterocycles. The van der Waals surface area contributed by atoms with Crippen molar-refractivity contribution in [3.63, 3.8) is 0 Å². The van der Waals surface area contributed by atoms with Gasteiger partial charge in [-0.15, -0.1) is 24.8 Å². The summed E-state index contributed by atoms with van der Waals surface area (Å²) in [6.45, 7) is 0.396. The molecule has 0 unspecified atom stereocenters. The molecule has 0 spiro atoms. The highest BCUT2D eigenvalue weighted by Gasteiger charge is 2.03. The summed E-state index contributed by atoms with van der Waals surface area (Å²) in [6, 6.07) is 9.45. The number of benzene rings is 1. The summed E-state index contributed by atoms with van der Waals surface area (Å²) in [6.07, 6.45) is 3.48.